The summed E-state index contributed by atoms with van der Waals surface area (Å²) >= 11 is 0. The van der Waals surface area contributed by atoms with Gasteiger partial charge in [0.1, 0.15) is 17.2 Å². The molecule has 2 aromatic rings. The maximum atomic E-state index is 11.6. The van der Waals surface area contributed by atoms with E-state index in [4.69, 9.17) is 9.47 Å². The number of rotatable bonds is 8. The van der Waals surface area contributed by atoms with Crippen molar-refractivity contribution in [2.45, 2.75) is 6.42 Å². The van der Waals surface area contributed by atoms with E-state index < -0.39 is 5.97 Å². The van der Waals surface area contributed by atoms with Crippen LogP contribution in [0, 0.1) is 0 Å². The van der Waals surface area contributed by atoms with E-state index in [1.165, 1.54) is 6.20 Å². The van der Waals surface area contributed by atoms with E-state index in [1.807, 2.05) is 61.5 Å². The molecule has 0 radical (unpaired) electrons. The fourth-order valence-electron chi connectivity index (χ4n) is 2.60. The SMILES string of the molecule is COc1cc(CC(=CNc2ccccc2)C(=O)O)cc(OC)c1N(C)C. The number of benzene rings is 2. The van der Waals surface area contributed by atoms with Crippen LogP contribution in [-0.2, 0) is 11.2 Å². The Morgan fingerprint density at radius 2 is 1.69 bits per heavy atom. The van der Waals surface area contributed by atoms with Gasteiger partial charge in [-0.1, -0.05) is 18.2 Å². The van der Waals surface area contributed by atoms with Gasteiger partial charge in [-0.2, -0.15) is 0 Å². The zero-order chi connectivity index (χ0) is 19.1. The van der Waals surface area contributed by atoms with E-state index in [-0.39, 0.29) is 12.0 Å². The first-order valence-electron chi connectivity index (χ1n) is 8.12. The van der Waals surface area contributed by atoms with Crippen LogP contribution >= 0.6 is 0 Å². The summed E-state index contributed by atoms with van der Waals surface area (Å²) in [5, 5.41) is 12.5. The molecule has 0 fully saturated rings. The highest BCUT2D eigenvalue weighted by molar-refractivity contribution is 5.87. The Balaban J connectivity index is 2.32. The number of methoxy groups -OCH3 is 2. The number of carbonyl (C=O) groups is 1. The molecule has 0 aliphatic heterocycles. The van der Waals surface area contributed by atoms with E-state index in [1.54, 1.807) is 14.2 Å². The second-order valence-electron chi connectivity index (χ2n) is 5.91. The fraction of sp³-hybridized carbons (Fsp3) is 0.250. The molecule has 0 unspecified atom stereocenters. The molecule has 0 atom stereocenters. The lowest BCUT2D eigenvalue weighted by atomic mass is 10.0. The molecular weight excluding hydrogens is 332 g/mol. The van der Waals surface area contributed by atoms with Gasteiger partial charge in [0.05, 0.1) is 19.8 Å². The maximum Gasteiger partial charge on any atom is 0.333 e. The van der Waals surface area contributed by atoms with Crippen LogP contribution in [0.4, 0.5) is 11.4 Å². The number of hydrogen-bond acceptors (Lipinski definition) is 5. The van der Waals surface area contributed by atoms with Gasteiger partial charge in [0.15, 0.2) is 0 Å². The molecule has 0 amide bonds. The molecule has 26 heavy (non-hydrogen) atoms. The highest BCUT2D eigenvalue weighted by Crippen LogP contribution is 2.38. The minimum atomic E-state index is -0.983. The summed E-state index contributed by atoms with van der Waals surface area (Å²) in [6.07, 6.45) is 1.74. The third kappa shape index (κ3) is 4.69. The quantitative estimate of drug-likeness (QED) is 0.707. The summed E-state index contributed by atoms with van der Waals surface area (Å²) in [6.45, 7) is 0. The van der Waals surface area contributed by atoms with Crippen molar-refractivity contribution in [3.8, 4) is 11.5 Å². The first-order chi connectivity index (χ1) is 12.5. The van der Waals surface area contributed by atoms with Gasteiger partial charge in [-0.15, -0.1) is 0 Å². The average molecular weight is 356 g/mol. The predicted molar refractivity (Wildman–Crippen MR) is 103 cm³/mol. The number of para-hydroxylation sites is 1. The van der Waals surface area contributed by atoms with Crippen LogP contribution in [0.3, 0.4) is 0 Å². The van der Waals surface area contributed by atoms with Crippen LogP contribution in [0.2, 0.25) is 0 Å². The molecule has 2 N–H and O–H groups in total. The van der Waals surface area contributed by atoms with Gasteiger partial charge in [0.25, 0.3) is 0 Å². The summed E-state index contributed by atoms with van der Waals surface area (Å²) in [5.41, 5.74) is 2.65. The standard InChI is InChI=1S/C20H24N2O4/c1-22(2)19-17(25-3)11-14(12-18(19)26-4)10-15(20(23)24)13-21-16-8-6-5-7-9-16/h5-9,11-13,21H,10H2,1-4H3,(H,23,24). The van der Waals surface area contributed by atoms with Gasteiger partial charge in [0, 0.05) is 32.4 Å². The van der Waals surface area contributed by atoms with Crippen LogP contribution in [0.15, 0.2) is 54.2 Å². The molecule has 2 rings (SSSR count). The Kier molecular flexibility index (Phi) is 6.49. The van der Waals surface area contributed by atoms with Gasteiger partial charge in [-0.25, -0.2) is 4.79 Å². The molecule has 0 spiro atoms. The van der Waals surface area contributed by atoms with Gasteiger partial charge in [0.2, 0.25) is 0 Å². The normalized spacial score (nSPS) is 11.0. The highest BCUT2D eigenvalue weighted by Gasteiger charge is 2.17. The monoisotopic (exact) mass is 356 g/mol. The second-order valence-corrected chi connectivity index (χ2v) is 5.91. The van der Waals surface area contributed by atoms with Gasteiger partial charge >= 0.3 is 5.97 Å². The van der Waals surface area contributed by atoms with E-state index in [9.17, 15) is 9.90 Å². The topological polar surface area (TPSA) is 71.0 Å². The summed E-state index contributed by atoms with van der Waals surface area (Å²) in [6, 6.07) is 13.1. The average Bonchev–Trinajstić information content (AvgIpc) is 2.64. The minimum absolute atomic E-state index is 0.232. The van der Waals surface area contributed by atoms with Gasteiger partial charge in [-0.05, 0) is 29.8 Å². The smallest absolute Gasteiger partial charge is 0.333 e. The number of ether oxygens (including phenoxy) is 2. The minimum Gasteiger partial charge on any atom is -0.494 e. The van der Waals surface area contributed by atoms with Crippen LogP contribution in [-0.4, -0.2) is 39.4 Å². The largest absolute Gasteiger partial charge is 0.494 e. The molecule has 0 saturated heterocycles. The fourth-order valence-corrected chi connectivity index (χ4v) is 2.60. The lowest BCUT2D eigenvalue weighted by molar-refractivity contribution is -0.132. The summed E-state index contributed by atoms with van der Waals surface area (Å²) in [5.74, 6) is 0.276. The van der Waals surface area contributed by atoms with E-state index in [2.05, 4.69) is 5.32 Å². The molecule has 0 heterocycles. The molecule has 0 bridgehead atoms. The number of carboxylic acids is 1. The van der Waals surface area contributed by atoms with Crippen molar-refractivity contribution in [1.82, 2.24) is 0 Å². The van der Waals surface area contributed by atoms with Crippen LogP contribution in [0.25, 0.3) is 0 Å². The van der Waals surface area contributed by atoms with Crippen molar-refractivity contribution in [1.29, 1.82) is 0 Å². The summed E-state index contributed by atoms with van der Waals surface area (Å²) < 4.78 is 10.9. The third-order valence-electron chi connectivity index (χ3n) is 3.84. The Labute approximate surface area is 153 Å². The van der Waals surface area contributed by atoms with Crippen molar-refractivity contribution in [3.63, 3.8) is 0 Å². The first-order valence-corrected chi connectivity index (χ1v) is 8.12. The molecule has 0 saturated carbocycles. The van der Waals surface area contributed by atoms with Crippen LogP contribution in [0.5, 0.6) is 11.5 Å². The predicted octanol–water partition coefficient (Wildman–Crippen LogP) is 3.39. The number of nitrogens with zero attached hydrogens (tertiary/aromatic N) is 1. The van der Waals surface area contributed by atoms with Crippen molar-refractivity contribution < 1.29 is 19.4 Å². The lowest BCUT2D eigenvalue weighted by Gasteiger charge is -2.21. The summed E-state index contributed by atoms with van der Waals surface area (Å²) in [4.78, 5) is 13.5. The number of anilines is 2. The molecule has 6 nitrogen and oxygen atoms in total. The third-order valence-corrected chi connectivity index (χ3v) is 3.84. The molecule has 138 valence electrons. The van der Waals surface area contributed by atoms with E-state index in [0.717, 1.165) is 16.9 Å². The molecule has 2 aromatic carbocycles. The Morgan fingerprint density at radius 1 is 1.12 bits per heavy atom. The van der Waals surface area contributed by atoms with Crippen molar-refractivity contribution in [2.24, 2.45) is 0 Å². The number of hydrogen-bond donors (Lipinski definition) is 2. The lowest BCUT2D eigenvalue weighted by Crippen LogP contribution is -2.13. The van der Waals surface area contributed by atoms with Crippen molar-refractivity contribution in [2.75, 3.05) is 38.5 Å². The van der Waals surface area contributed by atoms with Crippen LogP contribution in [0.1, 0.15) is 5.56 Å². The van der Waals surface area contributed by atoms with E-state index >= 15 is 0 Å². The van der Waals surface area contributed by atoms with E-state index in [0.29, 0.717) is 11.5 Å². The number of aliphatic carboxylic acids is 1. The molecular formula is C20H24N2O4. The van der Waals surface area contributed by atoms with Gasteiger partial charge < -0.3 is 24.8 Å². The molecule has 0 aliphatic carbocycles. The first kappa shape index (κ1) is 19.2. The number of nitrogens with one attached hydrogen (secondary N) is 1. The highest BCUT2D eigenvalue weighted by atomic mass is 16.5. The number of carboxylic acid groups (broad SMARTS) is 1. The zero-order valence-electron chi connectivity index (χ0n) is 15.4. The van der Waals surface area contributed by atoms with Gasteiger partial charge in [-0.3, -0.25) is 0 Å². The molecule has 0 aliphatic rings. The summed E-state index contributed by atoms with van der Waals surface area (Å²) in [7, 11) is 6.95. The molecule has 0 aromatic heterocycles. The van der Waals surface area contributed by atoms with Crippen LogP contribution < -0.4 is 19.7 Å². The Bertz CT molecular complexity index is 761. The van der Waals surface area contributed by atoms with Crippen molar-refractivity contribution in [3.05, 3.63) is 59.8 Å². The van der Waals surface area contributed by atoms with Crippen molar-refractivity contribution >= 4 is 17.3 Å². The molecule has 6 heteroatoms. The Hall–Kier alpha value is -3.15. The Morgan fingerprint density at radius 3 is 2.15 bits per heavy atom. The second kappa shape index (κ2) is 8.80. The maximum absolute atomic E-state index is 11.6. The zero-order valence-corrected chi connectivity index (χ0v) is 15.4.